The van der Waals surface area contributed by atoms with E-state index < -0.39 is 17.7 Å². The average Bonchev–Trinajstić information content (AvgIpc) is 3.42. The van der Waals surface area contributed by atoms with Crippen molar-refractivity contribution in [3.63, 3.8) is 0 Å². The molecule has 32 heavy (non-hydrogen) atoms. The van der Waals surface area contributed by atoms with Crippen LogP contribution in [0.2, 0.25) is 0 Å². The highest BCUT2D eigenvalue weighted by Crippen LogP contribution is 2.39. The van der Waals surface area contributed by atoms with Gasteiger partial charge >= 0.3 is 0 Å². The minimum absolute atomic E-state index is 0.0372. The van der Waals surface area contributed by atoms with Gasteiger partial charge in [0.25, 0.3) is 11.7 Å². The van der Waals surface area contributed by atoms with Crippen molar-refractivity contribution in [1.29, 1.82) is 0 Å². The molecule has 3 rings (SSSR count). The number of amides is 1. The molecule has 172 valence electrons. The molecular weight excluding hydrogens is 408 g/mol. The second kappa shape index (κ2) is 11.0. The molecule has 1 aliphatic heterocycles. The predicted octanol–water partition coefficient (Wildman–Crippen LogP) is 4.22. The first-order valence-electron chi connectivity index (χ1n) is 11.3. The third-order valence-corrected chi connectivity index (χ3v) is 5.78. The van der Waals surface area contributed by atoms with Crippen LogP contribution in [0.5, 0.6) is 5.75 Å². The number of carbonyl (C=O) groups is 2. The molecule has 0 bridgehead atoms. The second-order valence-corrected chi connectivity index (χ2v) is 7.76. The van der Waals surface area contributed by atoms with Gasteiger partial charge < -0.3 is 24.1 Å². The number of furan rings is 1. The molecule has 2 heterocycles. The number of ketones is 1. The van der Waals surface area contributed by atoms with Crippen LogP contribution >= 0.6 is 0 Å². The molecule has 1 aromatic heterocycles. The largest absolute Gasteiger partial charge is 0.507 e. The minimum atomic E-state index is -0.773. The monoisotopic (exact) mass is 440 g/mol. The Labute approximate surface area is 189 Å². The van der Waals surface area contributed by atoms with Crippen molar-refractivity contribution in [2.75, 3.05) is 32.8 Å². The summed E-state index contributed by atoms with van der Waals surface area (Å²) in [7, 11) is 0. The van der Waals surface area contributed by atoms with Crippen LogP contribution in [0, 0.1) is 0 Å². The zero-order valence-corrected chi connectivity index (χ0v) is 19.0. The Kier molecular flexibility index (Phi) is 8.11. The topological polar surface area (TPSA) is 83.2 Å². The molecule has 1 fully saturated rings. The normalized spacial score (nSPS) is 18.0. The van der Waals surface area contributed by atoms with E-state index in [0.29, 0.717) is 36.8 Å². The van der Waals surface area contributed by atoms with Gasteiger partial charge in [-0.2, -0.15) is 0 Å². The van der Waals surface area contributed by atoms with Gasteiger partial charge in [0.05, 0.1) is 18.4 Å². The van der Waals surface area contributed by atoms with Gasteiger partial charge in [0.15, 0.2) is 0 Å². The number of likely N-dealkylation sites (tertiary alicyclic amines) is 1. The number of nitrogens with zero attached hydrogens (tertiary/aromatic N) is 2. The quantitative estimate of drug-likeness (QED) is 0.244. The van der Waals surface area contributed by atoms with Crippen molar-refractivity contribution in [2.45, 2.75) is 39.7 Å². The van der Waals surface area contributed by atoms with E-state index in [4.69, 9.17) is 9.15 Å². The van der Waals surface area contributed by atoms with Gasteiger partial charge in [0, 0.05) is 18.7 Å². The van der Waals surface area contributed by atoms with Crippen LogP contribution in [0.4, 0.5) is 0 Å². The molecule has 1 unspecified atom stereocenters. The number of hydrogen-bond donors (Lipinski definition) is 1. The van der Waals surface area contributed by atoms with Gasteiger partial charge in [-0.1, -0.05) is 39.3 Å². The highest BCUT2D eigenvalue weighted by molar-refractivity contribution is 6.46. The molecule has 7 nitrogen and oxygen atoms in total. The molecule has 1 aliphatic rings. The van der Waals surface area contributed by atoms with Crippen LogP contribution in [0.3, 0.4) is 0 Å². The number of aliphatic hydroxyl groups is 1. The van der Waals surface area contributed by atoms with Crippen LogP contribution < -0.4 is 4.74 Å². The fourth-order valence-electron chi connectivity index (χ4n) is 3.87. The number of unbranched alkanes of at least 4 members (excludes halogenated alkanes) is 1. The minimum Gasteiger partial charge on any atom is -0.507 e. The van der Waals surface area contributed by atoms with Crippen molar-refractivity contribution >= 4 is 17.4 Å². The van der Waals surface area contributed by atoms with E-state index in [1.165, 1.54) is 11.2 Å². The van der Waals surface area contributed by atoms with Gasteiger partial charge in [0.2, 0.25) is 0 Å². The summed E-state index contributed by atoms with van der Waals surface area (Å²) >= 11 is 0. The summed E-state index contributed by atoms with van der Waals surface area (Å²) in [6, 6.07) is 9.61. The summed E-state index contributed by atoms with van der Waals surface area (Å²) in [4.78, 5) is 29.6. The lowest BCUT2D eigenvalue weighted by Gasteiger charge is -2.26. The lowest BCUT2D eigenvalue weighted by Crippen LogP contribution is -2.37. The van der Waals surface area contributed by atoms with Gasteiger partial charge in [-0.25, -0.2) is 0 Å². The Bertz CT molecular complexity index is 947. The van der Waals surface area contributed by atoms with Crippen LogP contribution in [0.25, 0.3) is 5.76 Å². The number of carbonyl (C=O) groups excluding carboxylic acids is 2. The molecule has 1 N–H and O–H groups in total. The summed E-state index contributed by atoms with van der Waals surface area (Å²) in [5, 5.41) is 11.1. The van der Waals surface area contributed by atoms with Gasteiger partial charge in [0.1, 0.15) is 23.3 Å². The Hall–Kier alpha value is -3.06. The first-order chi connectivity index (χ1) is 15.5. The number of likely N-dealkylation sites (N-methyl/N-ethyl adjacent to an activating group) is 1. The Morgan fingerprint density at radius 3 is 2.59 bits per heavy atom. The maximum atomic E-state index is 13.0. The zero-order chi connectivity index (χ0) is 23.1. The standard InChI is InChI=1S/C25H32N2O5/c1-4-7-15-31-19-11-8-10-18(17-19)23(28)21-22(20-12-9-16-32-20)27(25(30)24(21)29)14-13-26(5-2)6-3/h8-12,16-17,22,28H,4-7,13-15H2,1-3H3. The fraction of sp³-hybridized carbons (Fsp3) is 0.440. The first-order valence-corrected chi connectivity index (χ1v) is 11.3. The summed E-state index contributed by atoms with van der Waals surface area (Å²) in [5.74, 6) is -0.513. The lowest BCUT2D eigenvalue weighted by molar-refractivity contribution is -0.140. The van der Waals surface area contributed by atoms with E-state index in [0.717, 1.165) is 25.9 Å². The van der Waals surface area contributed by atoms with Crippen molar-refractivity contribution in [2.24, 2.45) is 0 Å². The Morgan fingerprint density at radius 2 is 1.94 bits per heavy atom. The van der Waals surface area contributed by atoms with Gasteiger partial charge in [-0.05, 0) is 43.8 Å². The number of rotatable bonds is 11. The molecule has 1 atom stereocenters. The van der Waals surface area contributed by atoms with Gasteiger partial charge in [-0.3, -0.25) is 9.59 Å². The molecule has 0 aliphatic carbocycles. The van der Waals surface area contributed by atoms with Gasteiger partial charge in [-0.15, -0.1) is 0 Å². The Morgan fingerprint density at radius 1 is 1.16 bits per heavy atom. The first kappa shape index (κ1) is 23.6. The molecule has 1 aromatic carbocycles. The smallest absolute Gasteiger partial charge is 0.295 e. The third-order valence-electron chi connectivity index (χ3n) is 5.78. The van der Waals surface area contributed by atoms with E-state index in [9.17, 15) is 14.7 Å². The molecule has 0 saturated carbocycles. The molecule has 1 saturated heterocycles. The van der Waals surface area contributed by atoms with Crippen LogP contribution in [-0.2, 0) is 9.59 Å². The lowest BCUT2D eigenvalue weighted by atomic mass is 9.99. The third kappa shape index (κ3) is 5.05. The number of benzene rings is 1. The molecule has 7 heteroatoms. The van der Waals surface area contributed by atoms with Crippen molar-refractivity contribution < 1.29 is 23.8 Å². The maximum absolute atomic E-state index is 13.0. The van der Waals surface area contributed by atoms with E-state index >= 15 is 0 Å². The molecule has 2 aromatic rings. The number of ether oxygens (including phenoxy) is 1. The summed E-state index contributed by atoms with van der Waals surface area (Å²) in [6.07, 6.45) is 3.44. The SMILES string of the molecule is CCCCOc1cccc(C(O)=C2C(=O)C(=O)N(CCN(CC)CC)C2c2ccco2)c1. The van der Waals surface area contributed by atoms with Crippen molar-refractivity contribution in [3.05, 3.63) is 59.6 Å². The Balaban J connectivity index is 1.97. The van der Waals surface area contributed by atoms with E-state index in [2.05, 4.69) is 25.7 Å². The van der Waals surface area contributed by atoms with Crippen LogP contribution in [0.1, 0.15) is 51.0 Å². The molecule has 0 spiro atoms. The number of Topliss-reactive ketones (excluding diaryl/α,β-unsaturated/α-hetero) is 1. The van der Waals surface area contributed by atoms with Crippen LogP contribution in [0.15, 0.2) is 52.7 Å². The van der Waals surface area contributed by atoms with E-state index in [1.807, 2.05) is 0 Å². The predicted molar refractivity (Wildman–Crippen MR) is 122 cm³/mol. The summed E-state index contributed by atoms with van der Waals surface area (Å²) in [5.41, 5.74) is 0.465. The average molecular weight is 441 g/mol. The van der Waals surface area contributed by atoms with Crippen molar-refractivity contribution in [1.82, 2.24) is 9.80 Å². The maximum Gasteiger partial charge on any atom is 0.295 e. The molecule has 1 amide bonds. The fourth-order valence-corrected chi connectivity index (χ4v) is 3.87. The summed E-state index contributed by atoms with van der Waals surface area (Å²) in [6.45, 7) is 9.43. The van der Waals surface area contributed by atoms with E-state index in [1.54, 1.807) is 36.4 Å². The highest BCUT2D eigenvalue weighted by atomic mass is 16.5. The highest BCUT2D eigenvalue weighted by Gasteiger charge is 2.47. The molecule has 0 radical (unpaired) electrons. The van der Waals surface area contributed by atoms with Crippen LogP contribution in [-0.4, -0.2) is 59.4 Å². The second-order valence-electron chi connectivity index (χ2n) is 7.76. The van der Waals surface area contributed by atoms with E-state index in [-0.39, 0.29) is 11.3 Å². The molecular formula is C25H32N2O5. The van der Waals surface area contributed by atoms with Crippen molar-refractivity contribution in [3.8, 4) is 5.75 Å². The zero-order valence-electron chi connectivity index (χ0n) is 19.0. The number of hydrogen-bond acceptors (Lipinski definition) is 6. The number of aliphatic hydroxyl groups excluding tert-OH is 1. The summed E-state index contributed by atoms with van der Waals surface area (Å²) < 4.78 is 11.3.